The van der Waals surface area contributed by atoms with Crippen LogP contribution in [0.15, 0.2) is 59.9 Å². The number of nitrogens with one attached hydrogen (secondary N) is 1. The van der Waals surface area contributed by atoms with E-state index in [1.165, 1.54) is 29.3 Å². The monoisotopic (exact) mass is 505 g/mol. The molecule has 1 saturated heterocycles. The van der Waals surface area contributed by atoms with Crippen molar-refractivity contribution in [3.63, 3.8) is 0 Å². The first kappa shape index (κ1) is 22.4. The van der Waals surface area contributed by atoms with E-state index >= 15 is 4.39 Å². The second-order valence-corrected chi connectivity index (χ2v) is 9.64. The van der Waals surface area contributed by atoms with E-state index in [9.17, 15) is 9.59 Å². The third-order valence-electron chi connectivity index (χ3n) is 6.57. The summed E-state index contributed by atoms with van der Waals surface area (Å²) in [4.78, 5) is 39.6. The first-order valence-electron chi connectivity index (χ1n) is 11.4. The van der Waals surface area contributed by atoms with Gasteiger partial charge in [-0.2, -0.15) is 5.10 Å². The summed E-state index contributed by atoms with van der Waals surface area (Å²) in [6, 6.07) is 9.97. The fourth-order valence-electron chi connectivity index (χ4n) is 5.03. The molecule has 0 radical (unpaired) electrons. The summed E-state index contributed by atoms with van der Waals surface area (Å²) >= 11 is 6.32. The van der Waals surface area contributed by atoms with Gasteiger partial charge in [0.15, 0.2) is 11.6 Å². The highest BCUT2D eigenvalue weighted by molar-refractivity contribution is 6.33. The van der Waals surface area contributed by atoms with Gasteiger partial charge in [-0.25, -0.2) is 18.9 Å². The third kappa shape index (κ3) is 3.40. The molecule has 2 unspecified atom stereocenters. The maximum absolute atomic E-state index is 15.7. The maximum atomic E-state index is 15.7. The number of aromatic amines is 1. The number of rotatable bonds is 4. The molecule has 1 fully saturated rings. The molecule has 36 heavy (non-hydrogen) atoms. The number of aromatic nitrogens is 6. The van der Waals surface area contributed by atoms with Gasteiger partial charge in [0.05, 0.1) is 28.7 Å². The molecule has 5 aromatic rings. The summed E-state index contributed by atoms with van der Waals surface area (Å²) in [6.07, 6.45) is 4.61. The Morgan fingerprint density at radius 1 is 1.22 bits per heavy atom. The number of carbonyl (C=O) groups is 1. The zero-order chi connectivity index (χ0) is 25.2. The van der Waals surface area contributed by atoms with Gasteiger partial charge in [0.2, 0.25) is 0 Å². The number of fused-ring (bicyclic) bond motifs is 2. The van der Waals surface area contributed by atoms with Crippen molar-refractivity contribution in [1.82, 2.24) is 29.1 Å². The first-order valence-corrected chi connectivity index (χ1v) is 11.8. The highest BCUT2D eigenvalue weighted by Crippen LogP contribution is 2.44. The zero-order valence-electron chi connectivity index (χ0n) is 19.4. The second kappa shape index (κ2) is 7.99. The molecule has 1 aliphatic heterocycles. The molecule has 11 heteroatoms. The highest BCUT2D eigenvalue weighted by atomic mass is 35.5. The average Bonchev–Trinajstić information content (AvgIpc) is 3.54. The molecule has 1 aliphatic rings. The van der Waals surface area contributed by atoms with Crippen molar-refractivity contribution in [3.8, 4) is 5.69 Å². The molecule has 2 atom stereocenters. The van der Waals surface area contributed by atoms with E-state index in [4.69, 9.17) is 16.7 Å². The first-order chi connectivity index (χ1) is 17.2. The van der Waals surface area contributed by atoms with Crippen molar-refractivity contribution < 1.29 is 9.18 Å². The van der Waals surface area contributed by atoms with Gasteiger partial charge >= 0.3 is 0 Å². The fourth-order valence-corrected chi connectivity index (χ4v) is 5.25. The predicted molar refractivity (Wildman–Crippen MR) is 134 cm³/mol. The Morgan fingerprint density at radius 2 is 2.00 bits per heavy atom. The second-order valence-electron chi connectivity index (χ2n) is 9.23. The average molecular weight is 506 g/mol. The van der Waals surface area contributed by atoms with Crippen LogP contribution in [0.3, 0.4) is 0 Å². The molecule has 5 heterocycles. The molecule has 182 valence electrons. The molecular weight excluding hydrogens is 485 g/mol. The van der Waals surface area contributed by atoms with Crippen LogP contribution in [0.25, 0.3) is 22.2 Å². The number of benzene rings is 1. The Labute approximate surface area is 209 Å². The topological polar surface area (TPSA) is 101 Å². The molecule has 1 aromatic carbocycles. The number of Topliss-reactive ketones (excluding diaryl/α,β-unsaturated/α-hetero) is 1. The molecule has 1 N–H and O–H groups in total. The molecule has 0 saturated carbocycles. The minimum atomic E-state index is -1.61. The third-order valence-corrected chi connectivity index (χ3v) is 6.88. The Hall–Kier alpha value is -4.05. The summed E-state index contributed by atoms with van der Waals surface area (Å²) < 4.78 is 18.6. The van der Waals surface area contributed by atoms with Crippen molar-refractivity contribution in [2.24, 2.45) is 0 Å². The molecule has 0 aliphatic carbocycles. The molecule has 4 aromatic heterocycles. The largest absolute Gasteiger partial charge is 0.345 e. The summed E-state index contributed by atoms with van der Waals surface area (Å²) in [5, 5.41) is 5.53. The van der Waals surface area contributed by atoms with E-state index < -0.39 is 11.7 Å². The highest BCUT2D eigenvalue weighted by Gasteiger charge is 2.45. The molecule has 0 spiro atoms. The number of hydrogen-bond acceptors (Lipinski definition) is 6. The van der Waals surface area contributed by atoms with Crippen molar-refractivity contribution in [1.29, 1.82) is 0 Å². The molecule has 9 nitrogen and oxygen atoms in total. The van der Waals surface area contributed by atoms with Gasteiger partial charge in [0.1, 0.15) is 29.0 Å². The lowest BCUT2D eigenvalue weighted by Gasteiger charge is -2.27. The van der Waals surface area contributed by atoms with E-state index in [-0.39, 0.29) is 34.8 Å². The van der Waals surface area contributed by atoms with Crippen molar-refractivity contribution in [3.05, 3.63) is 81.9 Å². The van der Waals surface area contributed by atoms with E-state index in [0.29, 0.717) is 33.9 Å². The number of halogens is 2. The van der Waals surface area contributed by atoms with Crippen LogP contribution >= 0.6 is 11.6 Å². The fraction of sp³-hybridized carbons (Fsp3) is 0.240. The van der Waals surface area contributed by atoms with Gasteiger partial charge in [-0.05, 0) is 32.0 Å². The molecule has 6 rings (SSSR count). The lowest BCUT2D eigenvalue weighted by Crippen LogP contribution is -2.33. The summed E-state index contributed by atoms with van der Waals surface area (Å²) in [5.41, 5.74) is -0.295. The predicted octanol–water partition coefficient (Wildman–Crippen LogP) is 4.29. The van der Waals surface area contributed by atoms with E-state index in [1.54, 1.807) is 35.5 Å². The number of H-pyrrole nitrogens is 1. The lowest BCUT2D eigenvalue weighted by atomic mass is 10.0. The van der Waals surface area contributed by atoms with Crippen molar-refractivity contribution in [2.75, 3.05) is 11.4 Å². The van der Waals surface area contributed by atoms with Gasteiger partial charge < -0.3 is 9.88 Å². The van der Waals surface area contributed by atoms with Gasteiger partial charge in [0, 0.05) is 24.4 Å². The maximum Gasteiger partial charge on any atom is 0.284 e. The molecule has 0 bridgehead atoms. The number of carbonyl (C=O) groups excluding carboxylic acids is 1. The van der Waals surface area contributed by atoms with Gasteiger partial charge in [-0.15, -0.1) is 0 Å². The molecule has 0 amide bonds. The lowest BCUT2D eigenvalue weighted by molar-refractivity contribution is 0.101. The van der Waals surface area contributed by atoms with Crippen LogP contribution in [0.5, 0.6) is 0 Å². The van der Waals surface area contributed by atoms with Crippen LogP contribution in [-0.2, 0) is 0 Å². The Morgan fingerprint density at radius 3 is 2.75 bits per heavy atom. The van der Waals surface area contributed by atoms with E-state index in [1.807, 2.05) is 18.2 Å². The number of anilines is 1. The van der Waals surface area contributed by atoms with E-state index in [2.05, 4.69) is 15.0 Å². The Kier molecular flexibility index (Phi) is 4.97. The van der Waals surface area contributed by atoms with Crippen LogP contribution in [0, 0.1) is 0 Å². The zero-order valence-corrected chi connectivity index (χ0v) is 20.2. The summed E-state index contributed by atoms with van der Waals surface area (Å²) in [5.74, 6) is 0.565. The van der Waals surface area contributed by atoms with Gasteiger partial charge in [-0.1, -0.05) is 29.8 Å². The normalized spacial score (nSPS) is 20.0. The number of para-hydroxylation sites is 1. The number of alkyl halides is 1. The quantitative estimate of drug-likeness (QED) is 0.366. The minimum Gasteiger partial charge on any atom is -0.345 e. The number of ketones is 1. The molecular formula is C25H21ClFN7O2. The Balaban J connectivity index is 1.64. The van der Waals surface area contributed by atoms with Crippen LogP contribution in [0.1, 0.15) is 42.5 Å². The van der Waals surface area contributed by atoms with Crippen LogP contribution in [-0.4, -0.2) is 47.1 Å². The Bertz CT molecular complexity index is 1710. The van der Waals surface area contributed by atoms with Crippen molar-refractivity contribution >= 4 is 39.8 Å². The van der Waals surface area contributed by atoms with Gasteiger partial charge in [-0.3, -0.25) is 14.2 Å². The van der Waals surface area contributed by atoms with Crippen LogP contribution in [0.4, 0.5) is 10.2 Å². The van der Waals surface area contributed by atoms with Gasteiger partial charge in [0.25, 0.3) is 5.56 Å². The van der Waals surface area contributed by atoms with Crippen molar-refractivity contribution in [2.45, 2.75) is 32.0 Å². The number of nitrogens with zero attached hydrogens (tertiary/aromatic N) is 6. The smallest absolute Gasteiger partial charge is 0.284 e. The summed E-state index contributed by atoms with van der Waals surface area (Å²) in [6.45, 7) is 2.96. The SMILES string of the molecule is CC(=O)c1c[nH]c2ncnc(N3CC(C)(F)CC3c3nn4ccc(Cl)c4c(=O)n3-c3ccccc3)c12. The van der Waals surface area contributed by atoms with E-state index in [0.717, 1.165) is 0 Å². The summed E-state index contributed by atoms with van der Waals surface area (Å²) in [7, 11) is 0. The standard InChI is InChI=1S/C25H21ClFN7O2/c1-14(35)16-11-28-21-19(16)23(30-13-29-21)32-12-25(2,27)10-18(32)22-31-33-9-8-17(26)20(33)24(36)34(22)15-6-4-3-5-7-15/h3-9,11,13,18H,10,12H2,1-2H3,(H,28,29,30). The van der Waals surface area contributed by atoms with Crippen LogP contribution in [0.2, 0.25) is 5.02 Å². The van der Waals surface area contributed by atoms with Crippen LogP contribution < -0.4 is 10.5 Å². The minimum absolute atomic E-state index is 0.0125. The number of hydrogen-bond donors (Lipinski definition) is 1.